The molecule has 0 fully saturated rings. The molecule has 0 aliphatic rings. The highest BCUT2D eigenvalue weighted by molar-refractivity contribution is 8.00. The van der Waals surface area contributed by atoms with Crippen LogP contribution in [-0.4, -0.2) is 21.0 Å². The van der Waals surface area contributed by atoms with Crippen molar-refractivity contribution >= 4 is 52.0 Å². The fraction of sp³-hybridized carbons (Fsp3) is 0.300. The standard InChI is InChI=1S/C10H9ClN2O2S3/c1-5-7(2-8(14)15)18-10(13-5)16-4-6-3-12-9(11)17-6/h3H,2,4H2,1H3,(H,14,15). The van der Waals surface area contributed by atoms with Crippen molar-refractivity contribution in [3.63, 3.8) is 0 Å². The van der Waals surface area contributed by atoms with E-state index in [1.807, 2.05) is 6.92 Å². The van der Waals surface area contributed by atoms with Crippen LogP contribution in [0.5, 0.6) is 0 Å². The molecular weight excluding hydrogens is 312 g/mol. The van der Waals surface area contributed by atoms with Gasteiger partial charge in [-0.15, -0.1) is 22.7 Å². The first-order valence-electron chi connectivity index (χ1n) is 4.95. The largest absolute Gasteiger partial charge is 0.481 e. The van der Waals surface area contributed by atoms with Crippen molar-refractivity contribution in [2.24, 2.45) is 0 Å². The number of aryl methyl sites for hydroxylation is 1. The first-order chi connectivity index (χ1) is 8.54. The van der Waals surface area contributed by atoms with Crippen LogP contribution in [0.15, 0.2) is 10.5 Å². The van der Waals surface area contributed by atoms with Gasteiger partial charge in [-0.05, 0) is 6.92 Å². The molecule has 2 aromatic heterocycles. The number of nitrogens with zero attached hydrogens (tertiary/aromatic N) is 2. The summed E-state index contributed by atoms with van der Waals surface area (Å²) < 4.78 is 1.42. The number of hydrogen-bond donors (Lipinski definition) is 1. The van der Waals surface area contributed by atoms with Crippen molar-refractivity contribution in [2.75, 3.05) is 0 Å². The summed E-state index contributed by atoms with van der Waals surface area (Å²) in [4.78, 5) is 20.9. The quantitative estimate of drug-likeness (QED) is 0.854. The molecule has 0 unspecified atom stereocenters. The lowest BCUT2D eigenvalue weighted by Crippen LogP contribution is -1.99. The second-order valence-electron chi connectivity index (χ2n) is 3.43. The molecule has 0 aliphatic heterocycles. The molecule has 0 radical (unpaired) electrons. The molecule has 1 N–H and O–H groups in total. The van der Waals surface area contributed by atoms with Gasteiger partial charge >= 0.3 is 5.97 Å². The van der Waals surface area contributed by atoms with Gasteiger partial charge in [0.05, 0.1) is 12.1 Å². The van der Waals surface area contributed by atoms with Gasteiger partial charge in [0.1, 0.15) is 0 Å². The summed E-state index contributed by atoms with van der Waals surface area (Å²) in [5.74, 6) is -0.0725. The number of thiazole rings is 2. The molecule has 4 nitrogen and oxygen atoms in total. The minimum Gasteiger partial charge on any atom is -0.481 e. The zero-order valence-electron chi connectivity index (χ0n) is 9.34. The molecule has 8 heteroatoms. The average molecular weight is 321 g/mol. The van der Waals surface area contributed by atoms with E-state index in [9.17, 15) is 4.79 Å². The molecule has 0 saturated heterocycles. The third-order valence-corrected chi connectivity index (χ3v) is 5.69. The van der Waals surface area contributed by atoms with E-state index in [1.165, 1.54) is 22.7 Å². The second-order valence-corrected chi connectivity index (χ2v) is 7.43. The van der Waals surface area contributed by atoms with Crippen LogP contribution >= 0.6 is 46.0 Å². The Morgan fingerprint density at radius 2 is 2.33 bits per heavy atom. The summed E-state index contributed by atoms with van der Waals surface area (Å²) in [6.07, 6.45) is 1.79. The number of thioether (sulfide) groups is 1. The van der Waals surface area contributed by atoms with E-state index >= 15 is 0 Å². The van der Waals surface area contributed by atoms with Gasteiger partial charge in [-0.3, -0.25) is 4.79 Å². The van der Waals surface area contributed by atoms with Crippen LogP contribution in [0.3, 0.4) is 0 Å². The van der Waals surface area contributed by atoms with Gasteiger partial charge in [0.25, 0.3) is 0 Å². The lowest BCUT2D eigenvalue weighted by Gasteiger charge is -1.92. The van der Waals surface area contributed by atoms with Crippen LogP contribution < -0.4 is 0 Å². The maximum atomic E-state index is 10.7. The topological polar surface area (TPSA) is 63.1 Å². The minimum absolute atomic E-state index is 0.0381. The fourth-order valence-corrected chi connectivity index (χ4v) is 4.47. The van der Waals surface area contributed by atoms with Crippen molar-refractivity contribution in [2.45, 2.75) is 23.4 Å². The number of hydrogen-bond acceptors (Lipinski definition) is 6. The third-order valence-electron chi connectivity index (χ3n) is 2.05. The number of carboxylic acids is 1. The van der Waals surface area contributed by atoms with Crippen LogP contribution in [0.1, 0.15) is 15.4 Å². The molecular formula is C10H9ClN2O2S3. The lowest BCUT2D eigenvalue weighted by molar-refractivity contribution is -0.136. The van der Waals surface area contributed by atoms with E-state index in [0.29, 0.717) is 4.47 Å². The second kappa shape index (κ2) is 6.01. The molecule has 0 bridgehead atoms. The highest BCUT2D eigenvalue weighted by Gasteiger charge is 2.11. The molecule has 2 aromatic rings. The molecule has 18 heavy (non-hydrogen) atoms. The third kappa shape index (κ3) is 3.68. The van der Waals surface area contributed by atoms with Crippen LogP contribution in [0, 0.1) is 6.92 Å². The van der Waals surface area contributed by atoms with E-state index in [0.717, 1.165) is 25.5 Å². The van der Waals surface area contributed by atoms with E-state index in [-0.39, 0.29) is 6.42 Å². The van der Waals surface area contributed by atoms with Crippen molar-refractivity contribution in [3.8, 4) is 0 Å². The van der Waals surface area contributed by atoms with Gasteiger partial charge < -0.3 is 5.11 Å². The Kier molecular flexibility index (Phi) is 4.60. The van der Waals surface area contributed by atoms with Crippen LogP contribution in [0.4, 0.5) is 0 Å². The lowest BCUT2D eigenvalue weighted by atomic mass is 10.3. The molecule has 2 heterocycles. The Morgan fingerprint density at radius 1 is 1.56 bits per heavy atom. The van der Waals surface area contributed by atoms with Gasteiger partial charge in [-0.2, -0.15) is 0 Å². The van der Waals surface area contributed by atoms with E-state index in [4.69, 9.17) is 16.7 Å². The number of rotatable bonds is 5. The Morgan fingerprint density at radius 3 is 2.94 bits per heavy atom. The summed E-state index contributed by atoms with van der Waals surface area (Å²) in [6.45, 7) is 1.84. The molecule has 2 rings (SSSR count). The van der Waals surface area contributed by atoms with Gasteiger partial charge in [0.15, 0.2) is 8.81 Å². The summed E-state index contributed by atoms with van der Waals surface area (Å²) in [7, 11) is 0. The smallest absolute Gasteiger partial charge is 0.308 e. The van der Waals surface area contributed by atoms with Gasteiger partial charge in [-0.25, -0.2) is 9.97 Å². The Hall–Kier alpha value is -0.630. The molecule has 0 atom stereocenters. The van der Waals surface area contributed by atoms with Gasteiger partial charge in [0, 0.05) is 21.7 Å². The number of aromatic nitrogens is 2. The van der Waals surface area contributed by atoms with Crippen molar-refractivity contribution in [3.05, 3.63) is 26.1 Å². The molecule has 0 aliphatic carbocycles. The molecule has 0 aromatic carbocycles. The van der Waals surface area contributed by atoms with Gasteiger partial charge in [0.2, 0.25) is 0 Å². The van der Waals surface area contributed by atoms with Crippen molar-refractivity contribution in [1.82, 2.24) is 9.97 Å². The molecule has 96 valence electrons. The number of carbonyl (C=O) groups is 1. The number of halogens is 1. The van der Waals surface area contributed by atoms with E-state index < -0.39 is 5.97 Å². The van der Waals surface area contributed by atoms with Crippen molar-refractivity contribution in [1.29, 1.82) is 0 Å². The predicted octanol–water partition coefficient (Wildman–Crippen LogP) is 3.48. The Bertz CT molecular complexity index is 567. The van der Waals surface area contributed by atoms with Crippen LogP contribution in [0.2, 0.25) is 4.47 Å². The SMILES string of the molecule is Cc1nc(SCc2cnc(Cl)s2)sc1CC(=O)O. The average Bonchev–Trinajstić information content (AvgIpc) is 2.83. The van der Waals surface area contributed by atoms with Crippen molar-refractivity contribution < 1.29 is 9.90 Å². The van der Waals surface area contributed by atoms with Crippen LogP contribution in [-0.2, 0) is 17.0 Å². The fourth-order valence-electron chi connectivity index (χ4n) is 1.25. The Labute approximate surface area is 121 Å². The minimum atomic E-state index is -0.826. The zero-order valence-corrected chi connectivity index (χ0v) is 12.5. The summed E-state index contributed by atoms with van der Waals surface area (Å²) in [6, 6.07) is 0. The molecule has 0 amide bonds. The number of aliphatic carboxylic acids is 1. The molecule has 0 saturated carbocycles. The van der Waals surface area contributed by atoms with E-state index in [2.05, 4.69) is 9.97 Å². The first-order valence-corrected chi connectivity index (χ1v) is 7.95. The molecule has 0 spiro atoms. The first kappa shape index (κ1) is 13.8. The number of carboxylic acid groups (broad SMARTS) is 1. The normalized spacial score (nSPS) is 10.8. The summed E-state index contributed by atoms with van der Waals surface area (Å²) >= 11 is 10.2. The van der Waals surface area contributed by atoms with Gasteiger partial charge in [-0.1, -0.05) is 23.4 Å². The Balaban J connectivity index is 1.99. The zero-order chi connectivity index (χ0) is 13.1. The highest BCUT2D eigenvalue weighted by atomic mass is 35.5. The maximum absolute atomic E-state index is 10.7. The maximum Gasteiger partial charge on any atom is 0.308 e. The highest BCUT2D eigenvalue weighted by Crippen LogP contribution is 2.31. The monoisotopic (exact) mass is 320 g/mol. The summed E-state index contributed by atoms with van der Waals surface area (Å²) in [5.41, 5.74) is 0.798. The van der Waals surface area contributed by atoms with Crippen LogP contribution in [0.25, 0.3) is 0 Å². The van der Waals surface area contributed by atoms with E-state index in [1.54, 1.807) is 18.0 Å². The predicted molar refractivity (Wildman–Crippen MR) is 74.9 cm³/mol. The summed E-state index contributed by atoms with van der Waals surface area (Å²) in [5, 5.41) is 8.76.